The molecule has 0 aromatic carbocycles. The molecular formula is C12H29N5. The van der Waals surface area contributed by atoms with E-state index in [1.165, 1.54) is 0 Å². The van der Waals surface area contributed by atoms with Crippen LogP contribution in [0, 0.1) is 0 Å². The number of hydrogen-bond donors (Lipinski definition) is 4. The van der Waals surface area contributed by atoms with Crippen LogP contribution in [0.3, 0.4) is 0 Å². The van der Waals surface area contributed by atoms with Crippen molar-refractivity contribution < 1.29 is 0 Å². The molecule has 2 rings (SSSR count). The van der Waals surface area contributed by atoms with Crippen molar-refractivity contribution in [3.05, 3.63) is 0 Å². The molecule has 17 heavy (non-hydrogen) atoms. The van der Waals surface area contributed by atoms with Crippen LogP contribution in [0.2, 0.25) is 0 Å². The molecule has 0 saturated carbocycles. The molecule has 5 nitrogen and oxygen atoms in total. The number of rotatable bonds is 2. The molecule has 2 heterocycles. The molecule has 0 amide bonds. The van der Waals surface area contributed by atoms with E-state index in [4.69, 9.17) is 5.73 Å². The van der Waals surface area contributed by atoms with Crippen LogP contribution < -0.4 is 21.7 Å². The van der Waals surface area contributed by atoms with Gasteiger partial charge in [-0.2, -0.15) is 0 Å². The van der Waals surface area contributed by atoms with E-state index in [9.17, 15) is 0 Å². The summed E-state index contributed by atoms with van der Waals surface area (Å²) in [4.78, 5) is 2.45. The lowest BCUT2D eigenvalue weighted by atomic mass is 10.1. The molecule has 0 radical (unpaired) electrons. The van der Waals surface area contributed by atoms with Crippen LogP contribution >= 0.6 is 0 Å². The van der Waals surface area contributed by atoms with Crippen molar-refractivity contribution in [2.45, 2.75) is 25.9 Å². The fourth-order valence-electron chi connectivity index (χ4n) is 2.18. The molecule has 5 heteroatoms. The molecular weight excluding hydrogens is 214 g/mol. The van der Waals surface area contributed by atoms with E-state index < -0.39 is 0 Å². The second-order valence-electron chi connectivity index (χ2n) is 4.94. The third-order valence-corrected chi connectivity index (χ3v) is 3.27. The summed E-state index contributed by atoms with van der Waals surface area (Å²) < 4.78 is 0. The molecule has 0 aromatic heterocycles. The number of nitrogens with two attached hydrogens (primary N) is 1. The Balaban J connectivity index is 0.000000202. The molecule has 2 unspecified atom stereocenters. The Morgan fingerprint density at radius 1 is 1.12 bits per heavy atom. The van der Waals surface area contributed by atoms with Gasteiger partial charge in [-0.15, -0.1) is 0 Å². The zero-order valence-electron chi connectivity index (χ0n) is 11.3. The average Bonchev–Trinajstić information content (AvgIpc) is 2.37. The maximum Gasteiger partial charge on any atom is 0.0193 e. The van der Waals surface area contributed by atoms with Crippen molar-refractivity contribution in [3.63, 3.8) is 0 Å². The zero-order chi connectivity index (χ0) is 12.5. The van der Waals surface area contributed by atoms with Crippen LogP contribution in [0.15, 0.2) is 0 Å². The van der Waals surface area contributed by atoms with E-state index in [1.54, 1.807) is 0 Å². The highest BCUT2D eigenvalue weighted by molar-refractivity contribution is 4.81. The Morgan fingerprint density at radius 2 is 1.71 bits per heavy atom. The van der Waals surface area contributed by atoms with E-state index in [1.807, 2.05) is 0 Å². The lowest BCUT2D eigenvalue weighted by Crippen LogP contribution is -2.55. The van der Waals surface area contributed by atoms with Gasteiger partial charge in [-0.3, -0.25) is 4.90 Å². The van der Waals surface area contributed by atoms with Gasteiger partial charge >= 0.3 is 0 Å². The average molecular weight is 243 g/mol. The first-order valence-corrected chi connectivity index (χ1v) is 6.83. The normalized spacial score (nSPS) is 30.5. The molecule has 5 N–H and O–H groups in total. The van der Waals surface area contributed by atoms with Crippen molar-refractivity contribution in [1.29, 1.82) is 0 Å². The molecule has 0 aliphatic carbocycles. The van der Waals surface area contributed by atoms with Gasteiger partial charge < -0.3 is 21.7 Å². The van der Waals surface area contributed by atoms with Crippen LogP contribution in [0.5, 0.6) is 0 Å². The number of nitrogens with zero attached hydrogens (tertiary/aromatic N) is 1. The second-order valence-corrected chi connectivity index (χ2v) is 4.94. The number of piperazine rings is 2. The lowest BCUT2D eigenvalue weighted by molar-refractivity contribution is 0.151. The summed E-state index contributed by atoms with van der Waals surface area (Å²) in [5.41, 5.74) is 5.50. The standard InChI is InChI=1S/C8H19N3.C4H10N2/c1-7-6-11(4-3-9)8(2)5-10-7;1-2-6-4-3-5-1/h7-8,10H,3-6,9H2,1-2H3;5-6H,1-4H2. The molecule has 2 atom stereocenters. The van der Waals surface area contributed by atoms with Crippen LogP contribution in [-0.2, 0) is 0 Å². The molecule has 2 aliphatic rings. The number of hydrogen-bond acceptors (Lipinski definition) is 5. The van der Waals surface area contributed by atoms with E-state index in [0.717, 1.165) is 52.4 Å². The highest BCUT2D eigenvalue weighted by Gasteiger charge is 2.20. The second kappa shape index (κ2) is 8.83. The van der Waals surface area contributed by atoms with E-state index in [0.29, 0.717) is 12.1 Å². The Kier molecular flexibility index (Phi) is 7.72. The van der Waals surface area contributed by atoms with Gasteiger partial charge in [0.15, 0.2) is 0 Å². The highest BCUT2D eigenvalue weighted by atomic mass is 15.2. The maximum absolute atomic E-state index is 5.50. The van der Waals surface area contributed by atoms with Crippen molar-refractivity contribution in [2.75, 3.05) is 52.4 Å². The van der Waals surface area contributed by atoms with Crippen molar-refractivity contribution in [1.82, 2.24) is 20.9 Å². The minimum absolute atomic E-state index is 0.623. The lowest BCUT2D eigenvalue weighted by Gasteiger charge is -2.37. The van der Waals surface area contributed by atoms with E-state index >= 15 is 0 Å². The Bertz CT molecular complexity index is 172. The first-order valence-electron chi connectivity index (χ1n) is 6.83. The number of nitrogens with one attached hydrogen (secondary N) is 3. The first kappa shape index (κ1) is 14.9. The minimum atomic E-state index is 0.623. The first-order chi connectivity index (χ1) is 8.24. The smallest absolute Gasteiger partial charge is 0.0193 e. The van der Waals surface area contributed by atoms with Crippen LogP contribution in [0.1, 0.15) is 13.8 Å². The summed E-state index contributed by atoms with van der Waals surface area (Å²) in [5.74, 6) is 0. The molecule has 2 fully saturated rings. The summed E-state index contributed by atoms with van der Waals surface area (Å²) in [5, 5.41) is 9.88. The summed E-state index contributed by atoms with van der Waals surface area (Å²) in [6.07, 6.45) is 0. The molecule has 0 spiro atoms. The van der Waals surface area contributed by atoms with Crippen molar-refractivity contribution in [2.24, 2.45) is 5.73 Å². The van der Waals surface area contributed by atoms with Gasteiger partial charge in [0, 0.05) is 64.4 Å². The summed E-state index contributed by atoms with van der Waals surface area (Å²) in [6.45, 7) is 13.1. The van der Waals surface area contributed by atoms with Crippen molar-refractivity contribution >= 4 is 0 Å². The molecule has 2 aliphatic heterocycles. The highest BCUT2D eigenvalue weighted by Crippen LogP contribution is 2.04. The van der Waals surface area contributed by atoms with Gasteiger partial charge in [0.25, 0.3) is 0 Å². The largest absolute Gasteiger partial charge is 0.329 e. The van der Waals surface area contributed by atoms with Crippen LogP contribution in [0.25, 0.3) is 0 Å². The monoisotopic (exact) mass is 243 g/mol. The van der Waals surface area contributed by atoms with Gasteiger partial charge in [0.05, 0.1) is 0 Å². The third kappa shape index (κ3) is 6.33. The van der Waals surface area contributed by atoms with Crippen LogP contribution in [-0.4, -0.2) is 69.3 Å². The summed E-state index contributed by atoms with van der Waals surface area (Å²) >= 11 is 0. The summed E-state index contributed by atoms with van der Waals surface area (Å²) in [7, 11) is 0. The van der Waals surface area contributed by atoms with Gasteiger partial charge in [-0.25, -0.2) is 0 Å². The van der Waals surface area contributed by atoms with E-state index in [-0.39, 0.29) is 0 Å². The minimum Gasteiger partial charge on any atom is -0.329 e. The topological polar surface area (TPSA) is 65.3 Å². The fourth-order valence-corrected chi connectivity index (χ4v) is 2.18. The SMILES string of the molecule is C1CNCCN1.CC1CN(CCN)C(C)CN1. The van der Waals surface area contributed by atoms with Crippen molar-refractivity contribution in [3.8, 4) is 0 Å². The fraction of sp³-hybridized carbons (Fsp3) is 1.00. The van der Waals surface area contributed by atoms with Crippen LogP contribution in [0.4, 0.5) is 0 Å². The molecule has 0 aromatic rings. The predicted molar refractivity (Wildman–Crippen MR) is 73.3 cm³/mol. The Labute approximate surface area is 105 Å². The Morgan fingerprint density at radius 3 is 2.18 bits per heavy atom. The van der Waals surface area contributed by atoms with Gasteiger partial charge in [0.1, 0.15) is 0 Å². The maximum atomic E-state index is 5.50. The van der Waals surface area contributed by atoms with Gasteiger partial charge in [-0.05, 0) is 13.8 Å². The molecule has 0 bridgehead atoms. The third-order valence-electron chi connectivity index (χ3n) is 3.27. The predicted octanol–water partition coefficient (Wildman–Crippen LogP) is -1.19. The Hall–Kier alpha value is -0.200. The van der Waals surface area contributed by atoms with Gasteiger partial charge in [0.2, 0.25) is 0 Å². The quantitative estimate of drug-likeness (QED) is 0.491. The van der Waals surface area contributed by atoms with E-state index in [2.05, 4.69) is 34.7 Å². The summed E-state index contributed by atoms with van der Waals surface area (Å²) in [6, 6.07) is 1.27. The van der Waals surface area contributed by atoms with Gasteiger partial charge in [-0.1, -0.05) is 0 Å². The molecule has 102 valence electrons. The molecule has 2 saturated heterocycles. The zero-order valence-corrected chi connectivity index (χ0v) is 11.3.